The number of hydrogen-bond acceptors (Lipinski definition) is 4. The van der Waals surface area contributed by atoms with E-state index in [1.165, 1.54) is 17.0 Å². The summed E-state index contributed by atoms with van der Waals surface area (Å²) in [5.74, 6) is 0.0543. The van der Waals surface area contributed by atoms with Crippen molar-refractivity contribution in [1.29, 1.82) is 0 Å². The van der Waals surface area contributed by atoms with Crippen LogP contribution in [0.25, 0.3) is 0 Å². The molecule has 1 fully saturated rings. The molecule has 0 atom stereocenters. The number of fused-ring (bicyclic) bond motifs is 1. The first-order valence-corrected chi connectivity index (χ1v) is 8.92. The molecule has 0 radical (unpaired) electrons. The highest BCUT2D eigenvalue weighted by Crippen LogP contribution is 2.31. The van der Waals surface area contributed by atoms with Crippen LogP contribution < -0.4 is 0 Å². The third-order valence-electron chi connectivity index (χ3n) is 4.44. The second-order valence-corrected chi connectivity index (χ2v) is 7.62. The average Bonchev–Trinajstić information content (AvgIpc) is 2.74. The zero-order valence-electron chi connectivity index (χ0n) is 13.9. The summed E-state index contributed by atoms with van der Waals surface area (Å²) in [6.45, 7) is 9.43. The number of imide groups is 1. The molecule has 2 aliphatic rings. The van der Waals surface area contributed by atoms with Crippen molar-refractivity contribution in [3.8, 4) is 0 Å². The van der Waals surface area contributed by atoms with Crippen molar-refractivity contribution in [2.24, 2.45) is 5.92 Å². The van der Waals surface area contributed by atoms with E-state index in [4.69, 9.17) is 23.2 Å². The van der Waals surface area contributed by atoms with Crippen molar-refractivity contribution in [2.75, 3.05) is 39.4 Å². The van der Waals surface area contributed by atoms with E-state index in [0.717, 1.165) is 32.7 Å². The lowest BCUT2D eigenvalue weighted by Crippen LogP contribution is -2.51. The summed E-state index contributed by atoms with van der Waals surface area (Å²) >= 11 is 11.9. The average molecular weight is 370 g/mol. The van der Waals surface area contributed by atoms with Crippen LogP contribution in [0.1, 0.15) is 34.6 Å². The molecule has 1 aromatic carbocycles. The molecule has 0 saturated carbocycles. The van der Waals surface area contributed by atoms with Gasteiger partial charge in [-0.05, 0) is 18.1 Å². The van der Waals surface area contributed by atoms with E-state index in [2.05, 4.69) is 23.6 Å². The first-order valence-electron chi connectivity index (χ1n) is 8.16. The van der Waals surface area contributed by atoms with Crippen LogP contribution in [0.5, 0.6) is 0 Å². The van der Waals surface area contributed by atoms with Crippen LogP contribution in [-0.2, 0) is 0 Å². The third kappa shape index (κ3) is 3.45. The third-order valence-corrected chi connectivity index (χ3v) is 5.16. The van der Waals surface area contributed by atoms with Gasteiger partial charge in [-0.2, -0.15) is 0 Å². The summed E-state index contributed by atoms with van der Waals surface area (Å²) in [5.41, 5.74) is 0.681. The molecule has 7 heteroatoms. The Labute approximate surface area is 152 Å². The first kappa shape index (κ1) is 17.7. The van der Waals surface area contributed by atoms with Gasteiger partial charge in [0.1, 0.15) is 0 Å². The fraction of sp³-hybridized carbons (Fsp3) is 0.529. The van der Waals surface area contributed by atoms with E-state index in [1.807, 2.05) is 0 Å². The summed E-state index contributed by atoms with van der Waals surface area (Å²) in [7, 11) is 0. The highest BCUT2D eigenvalue weighted by atomic mass is 35.5. The second kappa shape index (κ2) is 7.00. The smallest absolute Gasteiger partial charge is 0.262 e. The quantitative estimate of drug-likeness (QED) is 0.765. The molecular formula is C17H21Cl2N3O2. The summed E-state index contributed by atoms with van der Waals surface area (Å²) in [5, 5.41) is 0.585. The van der Waals surface area contributed by atoms with Gasteiger partial charge in [0.15, 0.2) is 0 Å². The van der Waals surface area contributed by atoms with Crippen LogP contribution in [0, 0.1) is 5.92 Å². The zero-order valence-corrected chi connectivity index (χ0v) is 15.4. The molecule has 1 saturated heterocycles. The Kier molecular flexibility index (Phi) is 5.16. The summed E-state index contributed by atoms with van der Waals surface area (Å²) in [6.07, 6.45) is 0. The van der Waals surface area contributed by atoms with Crippen LogP contribution in [0.3, 0.4) is 0 Å². The van der Waals surface area contributed by atoms with Crippen molar-refractivity contribution < 1.29 is 9.59 Å². The minimum Gasteiger partial charge on any atom is -0.301 e. The highest BCUT2D eigenvalue weighted by Gasteiger charge is 2.37. The maximum Gasteiger partial charge on any atom is 0.262 e. The fourth-order valence-corrected chi connectivity index (χ4v) is 3.57. The van der Waals surface area contributed by atoms with Crippen molar-refractivity contribution >= 4 is 35.0 Å². The fourth-order valence-electron chi connectivity index (χ4n) is 3.24. The van der Waals surface area contributed by atoms with Gasteiger partial charge >= 0.3 is 0 Å². The minimum absolute atomic E-state index is 0.292. The molecule has 1 aromatic rings. The summed E-state index contributed by atoms with van der Waals surface area (Å²) in [4.78, 5) is 30.9. The van der Waals surface area contributed by atoms with Gasteiger partial charge in [-0.3, -0.25) is 19.4 Å². The van der Waals surface area contributed by atoms with Gasteiger partial charge in [0, 0.05) is 32.7 Å². The Bertz CT molecular complexity index is 629. The van der Waals surface area contributed by atoms with E-state index in [0.29, 0.717) is 33.8 Å². The largest absolute Gasteiger partial charge is 0.301 e. The normalized spacial score (nSPS) is 19.5. The van der Waals surface area contributed by atoms with Crippen molar-refractivity contribution in [3.63, 3.8) is 0 Å². The second-order valence-electron chi connectivity index (χ2n) is 6.80. The summed E-state index contributed by atoms with van der Waals surface area (Å²) < 4.78 is 0. The lowest BCUT2D eigenvalue weighted by Gasteiger charge is -2.36. The predicted molar refractivity (Wildman–Crippen MR) is 94.7 cm³/mol. The number of carbonyl (C=O) groups excluding carboxylic acids is 2. The molecule has 130 valence electrons. The molecule has 3 rings (SSSR count). The lowest BCUT2D eigenvalue weighted by molar-refractivity contribution is 0.0444. The Hall–Kier alpha value is -1.14. The lowest BCUT2D eigenvalue weighted by atomic mass is 10.1. The van der Waals surface area contributed by atoms with Gasteiger partial charge in [-0.25, -0.2) is 0 Å². The molecule has 0 bridgehead atoms. The number of halogens is 2. The van der Waals surface area contributed by atoms with E-state index in [-0.39, 0.29) is 11.8 Å². The number of hydrogen-bond donors (Lipinski definition) is 0. The molecule has 5 nitrogen and oxygen atoms in total. The standard InChI is InChI=1S/C17H21Cl2N3O2/c1-11(2)9-20-3-5-21(6-4-20)10-22-16(23)12-7-14(18)15(19)8-13(12)17(22)24/h7-8,11H,3-6,9-10H2,1-2H3. The highest BCUT2D eigenvalue weighted by molar-refractivity contribution is 6.43. The van der Waals surface area contributed by atoms with E-state index < -0.39 is 0 Å². The maximum absolute atomic E-state index is 12.5. The van der Waals surface area contributed by atoms with Crippen molar-refractivity contribution in [3.05, 3.63) is 33.3 Å². The van der Waals surface area contributed by atoms with E-state index in [9.17, 15) is 9.59 Å². The number of nitrogens with zero attached hydrogens (tertiary/aromatic N) is 3. The Balaban J connectivity index is 1.65. The summed E-state index contributed by atoms with van der Waals surface area (Å²) in [6, 6.07) is 2.97. The van der Waals surface area contributed by atoms with E-state index in [1.54, 1.807) is 0 Å². The molecule has 0 N–H and O–H groups in total. The van der Waals surface area contributed by atoms with Gasteiger partial charge < -0.3 is 4.90 Å². The Morgan fingerprint density at radius 3 is 1.83 bits per heavy atom. The van der Waals surface area contributed by atoms with Crippen LogP contribution in [0.2, 0.25) is 10.0 Å². The first-order chi connectivity index (χ1) is 11.4. The number of amides is 2. The molecule has 2 amide bonds. The zero-order chi connectivity index (χ0) is 17.4. The number of rotatable bonds is 4. The Morgan fingerprint density at radius 2 is 1.38 bits per heavy atom. The van der Waals surface area contributed by atoms with Gasteiger partial charge in [0.25, 0.3) is 11.8 Å². The van der Waals surface area contributed by atoms with E-state index >= 15 is 0 Å². The molecular weight excluding hydrogens is 349 g/mol. The molecule has 2 aliphatic heterocycles. The molecule has 0 spiro atoms. The molecule has 24 heavy (non-hydrogen) atoms. The van der Waals surface area contributed by atoms with Crippen molar-refractivity contribution in [2.45, 2.75) is 13.8 Å². The number of piperazine rings is 1. The molecule has 0 aliphatic carbocycles. The predicted octanol–water partition coefficient (Wildman–Crippen LogP) is 2.82. The number of carbonyl (C=O) groups is 2. The van der Waals surface area contributed by atoms with Gasteiger partial charge in [-0.15, -0.1) is 0 Å². The monoisotopic (exact) mass is 369 g/mol. The topological polar surface area (TPSA) is 43.9 Å². The van der Waals surface area contributed by atoms with Crippen LogP contribution in [0.4, 0.5) is 0 Å². The van der Waals surface area contributed by atoms with Crippen LogP contribution in [0.15, 0.2) is 12.1 Å². The van der Waals surface area contributed by atoms with Gasteiger partial charge in [-0.1, -0.05) is 37.0 Å². The van der Waals surface area contributed by atoms with Crippen molar-refractivity contribution in [1.82, 2.24) is 14.7 Å². The SMILES string of the molecule is CC(C)CN1CCN(CN2C(=O)c3cc(Cl)c(Cl)cc3C2=O)CC1. The van der Waals surface area contributed by atoms with Gasteiger partial charge in [0.2, 0.25) is 0 Å². The van der Waals surface area contributed by atoms with Gasteiger partial charge in [0.05, 0.1) is 27.8 Å². The maximum atomic E-state index is 12.5. The Morgan fingerprint density at radius 1 is 0.917 bits per heavy atom. The minimum atomic E-state index is -0.293. The molecule has 2 heterocycles. The van der Waals surface area contributed by atoms with Crippen LogP contribution in [-0.4, -0.2) is 65.9 Å². The number of benzene rings is 1. The van der Waals surface area contributed by atoms with Crippen LogP contribution >= 0.6 is 23.2 Å². The molecule has 0 aromatic heterocycles. The molecule has 0 unspecified atom stereocenters.